The van der Waals surface area contributed by atoms with Crippen LogP contribution in [-0.2, 0) is 9.59 Å². The van der Waals surface area contributed by atoms with Crippen molar-refractivity contribution in [2.45, 2.75) is 0 Å². The second kappa shape index (κ2) is 5.87. The summed E-state index contributed by atoms with van der Waals surface area (Å²) in [5, 5.41) is 4.12. The molecule has 7 heteroatoms. The van der Waals surface area contributed by atoms with Gasteiger partial charge in [0.2, 0.25) is 0 Å². The quantitative estimate of drug-likeness (QED) is 0.824. The molecule has 0 fully saturated rings. The van der Waals surface area contributed by atoms with E-state index in [-0.39, 0.29) is 0 Å². The highest BCUT2D eigenvalue weighted by Crippen LogP contribution is 2.17. The van der Waals surface area contributed by atoms with Crippen molar-refractivity contribution in [2.24, 2.45) is 0 Å². The zero-order chi connectivity index (χ0) is 14.5. The van der Waals surface area contributed by atoms with Crippen molar-refractivity contribution >= 4 is 23.2 Å². The van der Waals surface area contributed by atoms with E-state index in [1.54, 1.807) is 6.07 Å². The number of para-hydroxylation sites is 1. The van der Waals surface area contributed by atoms with Gasteiger partial charge in [-0.1, -0.05) is 6.07 Å². The third kappa shape index (κ3) is 3.14. The first-order valence-electron chi connectivity index (χ1n) is 5.54. The van der Waals surface area contributed by atoms with E-state index in [9.17, 15) is 18.4 Å². The molecule has 0 bridgehead atoms. The molecule has 2 aromatic rings. The van der Waals surface area contributed by atoms with E-state index in [1.807, 2.05) is 5.32 Å². The summed E-state index contributed by atoms with van der Waals surface area (Å²) in [6, 6.07) is 6.16. The summed E-state index contributed by atoms with van der Waals surface area (Å²) in [5.41, 5.74) is -0.375. The van der Waals surface area contributed by atoms with Crippen LogP contribution in [0.3, 0.4) is 0 Å². The fourth-order valence-electron chi connectivity index (χ4n) is 1.41. The number of amides is 2. The molecule has 20 heavy (non-hydrogen) atoms. The number of anilines is 2. The van der Waals surface area contributed by atoms with E-state index in [1.165, 1.54) is 18.5 Å². The lowest BCUT2D eigenvalue weighted by Crippen LogP contribution is -2.29. The summed E-state index contributed by atoms with van der Waals surface area (Å²) in [7, 11) is 0. The Labute approximate surface area is 112 Å². The lowest BCUT2D eigenvalue weighted by molar-refractivity contribution is -0.133. The number of pyridine rings is 1. The van der Waals surface area contributed by atoms with Gasteiger partial charge in [-0.3, -0.25) is 14.6 Å². The number of carbonyl (C=O) groups is 2. The van der Waals surface area contributed by atoms with Crippen LogP contribution in [0.1, 0.15) is 0 Å². The topological polar surface area (TPSA) is 71.1 Å². The number of benzene rings is 1. The molecule has 0 spiro atoms. The van der Waals surface area contributed by atoms with Crippen LogP contribution in [0.25, 0.3) is 0 Å². The number of nitrogens with zero attached hydrogens (tertiary/aromatic N) is 1. The van der Waals surface area contributed by atoms with Crippen molar-refractivity contribution in [3.05, 3.63) is 54.4 Å². The minimum Gasteiger partial charge on any atom is -0.316 e. The first-order chi connectivity index (χ1) is 9.58. The van der Waals surface area contributed by atoms with Gasteiger partial charge in [0.15, 0.2) is 0 Å². The molecule has 1 aromatic carbocycles. The van der Waals surface area contributed by atoms with Crippen molar-refractivity contribution in [3.8, 4) is 0 Å². The molecule has 2 N–H and O–H groups in total. The lowest BCUT2D eigenvalue weighted by Gasteiger charge is -2.07. The van der Waals surface area contributed by atoms with E-state index in [2.05, 4.69) is 10.3 Å². The van der Waals surface area contributed by atoms with Gasteiger partial charge in [-0.15, -0.1) is 0 Å². The van der Waals surface area contributed by atoms with Crippen molar-refractivity contribution in [3.63, 3.8) is 0 Å². The second-order valence-electron chi connectivity index (χ2n) is 3.75. The lowest BCUT2D eigenvalue weighted by atomic mass is 10.3. The smallest absolute Gasteiger partial charge is 0.314 e. The average Bonchev–Trinajstić information content (AvgIpc) is 2.44. The third-order valence-electron chi connectivity index (χ3n) is 2.33. The second-order valence-corrected chi connectivity index (χ2v) is 3.75. The molecule has 0 aliphatic carbocycles. The van der Waals surface area contributed by atoms with E-state index in [0.717, 1.165) is 18.2 Å². The molecule has 0 saturated carbocycles. The summed E-state index contributed by atoms with van der Waals surface area (Å²) in [6.07, 6.45) is 2.82. The van der Waals surface area contributed by atoms with Gasteiger partial charge in [0.1, 0.15) is 17.3 Å². The molecule has 1 heterocycles. The van der Waals surface area contributed by atoms with Gasteiger partial charge < -0.3 is 10.6 Å². The minimum atomic E-state index is -1.18. The molecule has 102 valence electrons. The van der Waals surface area contributed by atoms with Gasteiger partial charge in [0.25, 0.3) is 0 Å². The number of rotatable bonds is 2. The minimum absolute atomic E-state index is 0.293. The van der Waals surface area contributed by atoms with E-state index >= 15 is 0 Å². The first-order valence-corrected chi connectivity index (χ1v) is 5.54. The largest absolute Gasteiger partial charge is 0.316 e. The van der Waals surface area contributed by atoms with E-state index in [4.69, 9.17) is 0 Å². The molecule has 0 aliphatic heterocycles. The van der Waals surface area contributed by atoms with Crippen LogP contribution in [0.4, 0.5) is 20.2 Å². The Balaban J connectivity index is 2.07. The standard InChI is InChI=1S/C13H9F2N3O2/c14-9-4-1-5-10(15)11(9)18-13(20)12(19)17-8-3-2-6-16-7-8/h1-7H,(H,17,19)(H,18,20). The molecule has 2 rings (SSSR count). The average molecular weight is 277 g/mol. The highest BCUT2D eigenvalue weighted by molar-refractivity contribution is 6.43. The third-order valence-corrected chi connectivity index (χ3v) is 2.33. The molecular formula is C13H9F2N3O2. The molecule has 0 saturated heterocycles. The normalized spacial score (nSPS) is 9.90. The maximum Gasteiger partial charge on any atom is 0.314 e. The van der Waals surface area contributed by atoms with Gasteiger partial charge >= 0.3 is 11.8 Å². The van der Waals surface area contributed by atoms with Gasteiger partial charge in [-0.2, -0.15) is 0 Å². The Morgan fingerprint density at radius 1 is 0.950 bits per heavy atom. The molecule has 0 aliphatic rings. The number of nitrogens with one attached hydrogen (secondary N) is 2. The fourth-order valence-corrected chi connectivity index (χ4v) is 1.41. The predicted octanol–water partition coefficient (Wildman–Crippen LogP) is 1.94. The number of aromatic nitrogens is 1. The monoisotopic (exact) mass is 277 g/mol. The van der Waals surface area contributed by atoms with Gasteiger partial charge in [0, 0.05) is 6.20 Å². The summed E-state index contributed by atoms with van der Waals surface area (Å²) in [5.74, 6) is -4.17. The zero-order valence-electron chi connectivity index (χ0n) is 10.1. The first kappa shape index (κ1) is 13.6. The molecule has 2 amide bonds. The van der Waals surface area contributed by atoms with Crippen LogP contribution in [-0.4, -0.2) is 16.8 Å². The molecule has 5 nitrogen and oxygen atoms in total. The number of halogens is 2. The summed E-state index contributed by atoms with van der Waals surface area (Å²) in [6.45, 7) is 0. The van der Waals surface area contributed by atoms with Crippen molar-refractivity contribution in [1.82, 2.24) is 4.98 Å². The Kier molecular flexibility index (Phi) is 3.99. The van der Waals surface area contributed by atoms with Gasteiger partial charge in [-0.05, 0) is 24.3 Å². The van der Waals surface area contributed by atoms with Crippen LogP contribution in [0.15, 0.2) is 42.7 Å². The zero-order valence-corrected chi connectivity index (χ0v) is 10.1. The van der Waals surface area contributed by atoms with Crippen molar-refractivity contribution in [1.29, 1.82) is 0 Å². The molecule has 1 aromatic heterocycles. The number of hydrogen-bond acceptors (Lipinski definition) is 3. The molecule has 0 radical (unpaired) electrons. The van der Waals surface area contributed by atoms with Gasteiger partial charge in [0.05, 0.1) is 11.9 Å². The SMILES string of the molecule is O=C(Nc1cccnc1)C(=O)Nc1c(F)cccc1F. The summed E-state index contributed by atoms with van der Waals surface area (Å²) < 4.78 is 26.6. The number of hydrogen-bond donors (Lipinski definition) is 2. The Morgan fingerprint density at radius 2 is 1.60 bits per heavy atom. The van der Waals surface area contributed by atoms with Gasteiger partial charge in [-0.25, -0.2) is 8.78 Å². The highest BCUT2D eigenvalue weighted by atomic mass is 19.1. The van der Waals surface area contributed by atoms with E-state index < -0.39 is 29.1 Å². The fraction of sp³-hybridized carbons (Fsp3) is 0. The van der Waals surface area contributed by atoms with Crippen LogP contribution >= 0.6 is 0 Å². The van der Waals surface area contributed by atoms with E-state index in [0.29, 0.717) is 5.69 Å². The summed E-state index contributed by atoms with van der Waals surface area (Å²) >= 11 is 0. The van der Waals surface area contributed by atoms with Crippen LogP contribution in [0, 0.1) is 11.6 Å². The van der Waals surface area contributed by atoms with Crippen LogP contribution in [0.5, 0.6) is 0 Å². The number of carbonyl (C=O) groups excluding carboxylic acids is 2. The summed E-state index contributed by atoms with van der Waals surface area (Å²) in [4.78, 5) is 26.8. The van der Waals surface area contributed by atoms with Crippen LogP contribution < -0.4 is 10.6 Å². The van der Waals surface area contributed by atoms with Crippen molar-refractivity contribution in [2.75, 3.05) is 10.6 Å². The maximum atomic E-state index is 13.3. The highest BCUT2D eigenvalue weighted by Gasteiger charge is 2.18. The molecular weight excluding hydrogens is 268 g/mol. The molecule has 0 atom stereocenters. The Morgan fingerprint density at radius 3 is 2.20 bits per heavy atom. The predicted molar refractivity (Wildman–Crippen MR) is 67.9 cm³/mol. The molecule has 0 unspecified atom stereocenters. The van der Waals surface area contributed by atoms with Crippen LogP contribution in [0.2, 0.25) is 0 Å². The van der Waals surface area contributed by atoms with Crippen molar-refractivity contribution < 1.29 is 18.4 Å². The maximum absolute atomic E-state index is 13.3. The Hall–Kier alpha value is -2.83. The Bertz CT molecular complexity index is 627.